The van der Waals surface area contributed by atoms with Crippen LogP contribution in [0.15, 0.2) is 30.3 Å². The summed E-state index contributed by atoms with van der Waals surface area (Å²) in [5.74, 6) is 0.437. The number of carbonyl (C=O) groups is 2. The number of rotatable bonds is 4. The summed E-state index contributed by atoms with van der Waals surface area (Å²) in [7, 11) is 1.40. The van der Waals surface area contributed by atoms with Gasteiger partial charge >= 0.3 is 12.1 Å². The van der Waals surface area contributed by atoms with E-state index >= 15 is 0 Å². The standard InChI is InChI=1S/C19H26N2O4/c1-19(2,3)25-18(23)21-10-13-14(11-21)16(13)20-15(17(22)24-4)12-8-6-5-7-9-12/h5-9,13-16,20H,10-11H2,1-4H3/t13-,14+,15?,16?. The fraction of sp³-hybridized carbons (Fsp3) is 0.579. The lowest BCUT2D eigenvalue weighted by molar-refractivity contribution is -0.143. The summed E-state index contributed by atoms with van der Waals surface area (Å²) in [4.78, 5) is 26.1. The van der Waals surface area contributed by atoms with Crippen molar-refractivity contribution >= 4 is 12.1 Å². The van der Waals surface area contributed by atoms with Crippen LogP contribution in [0.3, 0.4) is 0 Å². The Labute approximate surface area is 148 Å². The maximum Gasteiger partial charge on any atom is 0.410 e. The molecule has 1 aliphatic heterocycles. The molecule has 0 bridgehead atoms. The summed E-state index contributed by atoms with van der Waals surface area (Å²) in [5, 5.41) is 3.41. The molecule has 6 heteroatoms. The van der Waals surface area contributed by atoms with Crippen molar-refractivity contribution in [3.8, 4) is 0 Å². The normalized spacial score (nSPS) is 25.9. The fourth-order valence-electron chi connectivity index (χ4n) is 3.51. The summed E-state index contributed by atoms with van der Waals surface area (Å²) in [6.45, 7) is 6.94. The van der Waals surface area contributed by atoms with Gasteiger partial charge in [-0.05, 0) is 38.2 Å². The zero-order valence-electron chi connectivity index (χ0n) is 15.2. The van der Waals surface area contributed by atoms with Crippen LogP contribution in [-0.2, 0) is 14.3 Å². The molecular formula is C19H26N2O4. The van der Waals surface area contributed by atoms with Crippen LogP contribution in [0.4, 0.5) is 4.79 Å². The third kappa shape index (κ3) is 3.95. The zero-order chi connectivity index (χ0) is 18.2. The molecule has 1 saturated carbocycles. The van der Waals surface area contributed by atoms with Crippen molar-refractivity contribution in [3.63, 3.8) is 0 Å². The average Bonchev–Trinajstić information content (AvgIpc) is 3.00. The molecule has 0 radical (unpaired) electrons. The topological polar surface area (TPSA) is 67.9 Å². The third-order valence-electron chi connectivity index (χ3n) is 4.77. The minimum absolute atomic E-state index is 0.225. The Kier molecular flexibility index (Phi) is 4.73. The van der Waals surface area contributed by atoms with Gasteiger partial charge in [0.1, 0.15) is 11.6 Å². The van der Waals surface area contributed by atoms with Crippen LogP contribution in [0, 0.1) is 11.8 Å². The largest absolute Gasteiger partial charge is 0.468 e. The number of likely N-dealkylation sites (tertiary alicyclic amines) is 1. The van der Waals surface area contributed by atoms with Crippen LogP contribution in [-0.4, -0.2) is 48.8 Å². The highest BCUT2D eigenvalue weighted by Gasteiger charge is 2.58. The fourth-order valence-corrected chi connectivity index (χ4v) is 3.51. The molecule has 1 amide bonds. The van der Waals surface area contributed by atoms with Gasteiger partial charge in [-0.2, -0.15) is 0 Å². The van der Waals surface area contributed by atoms with E-state index in [9.17, 15) is 9.59 Å². The molecule has 25 heavy (non-hydrogen) atoms. The molecule has 6 nitrogen and oxygen atoms in total. The molecule has 2 unspecified atom stereocenters. The monoisotopic (exact) mass is 346 g/mol. The molecule has 1 saturated heterocycles. The van der Waals surface area contributed by atoms with Crippen molar-refractivity contribution in [2.24, 2.45) is 11.8 Å². The first-order valence-electron chi connectivity index (χ1n) is 8.67. The van der Waals surface area contributed by atoms with Crippen molar-refractivity contribution in [3.05, 3.63) is 35.9 Å². The molecule has 136 valence electrons. The number of methoxy groups -OCH3 is 1. The third-order valence-corrected chi connectivity index (χ3v) is 4.77. The van der Waals surface area contributed by atoms with Crippen LogP contribution in [0.2, 0.25) is 0 Å². The number of nitrogens with one attached hydrogen (secondary N) is 1. The molecule has 0 aromatic heterocycles. The smallest absolute Gasteiger partial charge is 0.410 e. The minimum Gasteiger partial charge on any atom is -0.468 e. The number of amides is 1. The van der Waals surface area contributed by atoms with E-state index in [0.717, 1.165) is 5.56 Å². The summed E-state index contributed by atoms with van der Waals surface area (Å²) in [5.41, 5.74) is 0.411. The second-order valence-electron chi connectivity index (χ2n) is 7.77. The van der Waals surface area contributed by atoms with Crippen LogP contribution >= 0.6 is 0 Å². The highest BCUT2D eigenvalue weighted by atomic mass is 16.6. The van der Waals surface area contributed by atoms with Gasteiger partial charge in [0.2, 0.25) is 0 Å². The van der Waals surface area contributed by atoms with Crippen LogP contribution in [0.5, 0.6) is 0 Å². The van der Waals surface area contributed by atoms with E-state index in [1.807, 2.05) is 51.1 Å². The van der Waals surface area contributed by atoms with Gasteiger partial charge in [-0.3, -0.25) is 5.32 Å². The number of hydrogen-bond donors (Lipinski definition) is 1. The SMILES string of the molecule is COC(=O)C(NC1[C@H]2CN(C(=O)OC(C)(C)C)C[C@@H]12)c1ccccc1. The predicted molar refractivity (Wildman–Crippen MR) is 92.9 cm³/mol. The molecule has 1 aromatic carbocycles. The lowest BCUT2D eigenvalue weighted by Gasteiger charge is -2.26. The molecule has 0 spiro atoms. The van der Waals surface area contributed by atoms with E-state index in [4.69, 9.17) is 9.47 Å². The molecule has 1 heterocycles. The average molecular weight is 346 g/mol. The number of ether oxygens (including phenoxy) is 2. The molecule has 2 aliphatic rings. The first-order valence-corrected chi connectivity index (χ1v) is 8.67. The number of nitrogens with zero attached hydrogens (tertiary/aromatic N) is 1. The molecule has 1 aliphatic carbocycles. The summed E-state index contributed by atoms with van der Waals surface area (Å²) >= 11 is 0. The van der Waals surface area contributed by atoms with Gasteiger partial charge in [-0.15, -0.1) is 0 Å². The van der Waals surface area contributed by atoms with Crippen LogP contribution in [0.1, 0.15) is 32.4 Å². The number of carbonyl (C=O) groups excluding carboxylic acids is 2. The second kappa shape index (κ2) is 6.67. The Balaban J connectivity index is 1.58. The first kappa shape index (κ1) is 17.7. The Hall–Kier alpha value is -2.08. The van der Waals surface area contributed by atoms with Gasteiger partial charge in [0.05, 0.1) is 7.11 Å². The molecule has 2 fully saturated rings. The highest BCUT2D eigenvalue weighted by molar-refractivity contribution is 5.77. The minimum atomic E-state index is -0.481. The maximum atomic E-state index is 12.2. The van der Waals surface area contributed by atoms with Crippen LogP contribution in [0.25, 0.3) is 0 Å². The number of esters is 1. The van der Waals surface area contributed by atoms with E-state index in [-0.39, 0.29) is 18.1 Å². The van der Waals surface area contributed by atoms with Crippen molar-refractivity contribution in [2.45, 2.75) is 38.5 Å². The van der Waals surface area contributed by atoms with Gasteiger partial charge in [0, 0.05) is 19.1 Å². The quantitative estimate of drug-likeness (QED) is 0.848. The van der Waals surface area contributed by atoms with Gasteiger partial charge in [0.15, 0.2) is 0 Å². The van der Waals surface area contributed by atoms with Crippen molar-refractivity contribution in [1.82, 2.24) is 10.2 Å². The molecule has 3 rings (SSSR count). The lowest BCUT2D eigenvalue weighted by Crippen LogP contribution is -2.40. The lowest BCUT2D eigenvalue weighted by atomic mass is 10.1. The number of hydrogen-bond acceptors (Lipinski definition) is 5. The van der Waals surface area contributed by atoms with Gasteiger partial charge in [0.25, 0.3) is 0 Å². The van der Waals surface area contributed by atoms with Crippen LogP contribution < -0.4 is 5.32 Å². The Morgan fingerprint density at radius 3 is 2.28 bits per heavy atom. The van der Waals surface area contributed by atoms with E-state index in [0.29, 0.717) is 24.9 Å². The molecular weight excluding hydrogens is 320 g/mol. The maximum absolute atomic E-state index is 12.2. The highest BCUT2D eigenvalue weighted by Crippen LogP contribution is 2.46. The first-order chi connectivity index (χ1) is 11.8. The van der Waals surface area contributed by atoms with E-state index < -0.39 is 11.6 Å². The second-order valence-corrected chi connectivity index (χ2v) is 7.77. The zero-order valence-corrected chi connectivity index (χ0v) is 15.2. The predicted octanol–water partition coefficient (Wildman–Crippen LogP) is 2.36. The van der Waals surface area contributed by atoms with Gasteiger partial charge in [-0.25, -0.2) is 9.59 Å². The summed E-state index contributed by atoms with van der Waals surface area (Å²) < 4.78 is 10.4. The van der Waals surface area contributed by atoms with Crippen molar-refractivity contribution in [2.75, 3.05) is 20.2 Å². The van der Waals surface area contributed by atoms with Gasteiger partial charge < -0.3 is 14.4 Å². The summed E-state index contributed by atoms with van der Waals surface area (Å²) in [6.07, 6.45) is -0.258. The summed E-state index contributed by atoms with van der Waals surface area (Å²) in [6, 6.07) is 9.32. The number of benzene rings is 1. The molecule has 1 aromatic rings. The Morgan fingerprint density at radius 1 is 1.16 bits per heavy atom. The molecule has 4 atom stereocenters. The van der Waals surface area contributed by atoms with Crippen molar-refractivity contribution < 1.29 is 19.1 Å². The Morgan fingerprint density at radius 2 is 1.76 bits per heavy atom. The van der Waals surface area contributed by atoms with E-state index in [1.54, 1.807) is 4.90 Å². The Bertz CT molecular complexity index is 629. The van der Waals surface area contributed by atoms with Crippen molar-refractivity contribution in [1.29, 1.82) is 0 Å². The molecule has 1 N–H and O–H groups in total. The van der Waals surface area contributed by atoms with E-state index in [2.05, 4.69) is 5.32 Å². The van der Waals surface area contributed by atoms with E-state index in [1.165, 1.54) is 7.11 Å². The number of piperidine rings is 1. The van der Waals surface area contributed by atoms with Gasteiger partial charge in [-0.1, -0.05) is 30.3 Å². The number of fused-ring (bicyclic) bond motifs is 1.